The van der Waals surface area contributed by atoms with Crippen molar-refractivity contribution in [2.24, 2.45) is 0 Å². The number of nitrogen functional groups attached to an aromatic ring is 1. The fourth-order valence-electron chi connectivity index (χ4n) is 2.10. The number of nitrogens with two attached hydrogens (primary N) is 1. The van der Waals surface area contributed by atoms with Crippen LogP contribution in [0.25, 0.3) is 11.1 Å². The third kappa shape index (κ3) is 1.87. The highest BCUT2D eigenvalue weighted by Crippen LogP contribution is 2.34. The Morgan fingerprint density at radius 3 is 2.94 bits per heavy atom. The van der Waals surface area contributed by atoms with E-state index < -0.39 is 0 Å². The second-order valence-electron chi connectivity index (χ2n) is 4.41. The molecule has 5 heteroatoms. The number of hydrogen-bond acceptors (Lipinski definition) is 4. The van der Waals surface area contributed by atoms with E-state index in [9.17, 15) is 0 Å². The van der Waals surface area contributed by atoms with Gasteiger partial charge in [0, 0.05) is 6.07 Å². The van der Waals surface area contributed by atoms with Crippen LogP contribution in [0, 0.1) is 0 Å². The van der Waals surface area contributed by atoms with Crippen LogP contribution in [-0.2, 0) is 4.74 Å². The molecule has 2 heterocycles. The van der Waals surface area contributed by atoms with Gasteiger partial charge in [0.15, 0.2) is 5.58 Å². The van der Waals surface area contributed by atoms with Crippen LogP contribution in [0.15, 0.2) is 16.5 Å². The van der Waals surface area contributed by atoms with E-state index in [1.807, 2.05) is 0 Å². The molecule has 1 saturated heterocycles. The molecule has 2 N–H and O–H groups in total. The fraction of sp³-hybridized carbons (Fsp3) is 0.417. The number of rotatable bonds is 1. The molecule has 1 aliphatic rings. The Morgan fingerprint density at radius 1 is 1.41 bits per heavy atom. The van der Waals surface area contributed by atoms with Crippen LogP contribution in [0.3, 0.4) is 0 Å². The predicted molar refractivity (Wildman–Crippen MR) is 66.0 cm³/mol. The molecule has 1 aliphatic heterocycles. The van der Waals surface area contributed by atoms with Crippen molar-refractivity contribution in [1.29, 1.82) is 0 Å². The smallest absolute Gasteiger partial charge is 0.224 e. The van der Waals surface area contributed by atoms with E-state index in [2.05, 4.69) is 11.9 Å². The molecule has 0 bridgehead atoms. The first-order valence-electron chi connectivity index (χ1n) is 5.64. The highest BCUT2D eigenvalue weighted by molar-refractivity contribution is 6.33. The summed E-state index contributed by atoms with van der Waals surface area (Å²) < 4.78 is 11.4. The number of halogens is 1. The number of ether oxygens (including phenoxy) is 1. The summed E-state index contributed by atoms with van der Waals surface area (Å²) in [6, 6.07) is 3.42. The van der Waals surface area contributed by atoms with Gasteiger partial charge in [-0.05, 0) is 25.8 Å². The maximum Gasteiger partial charge on any atom is 0.224 e. The largest absolute Gasteiger partial charge is 0.438 e. The van der Waals surface area contributed by atoms with Gasteiger partial charge in [-0.1, -0.05) is 11.6 Å². The normalized spacial score (nSPS) is 24.6. The van der Waals surface area contributed by atoms with Gasteiger partial charge in [0.05, 0.1) is 16.8 Å². The number of benzene rings is 1. The van der Waals surface area contributed by atoms with E-state index in [0.717, 1.165) is 18.4 Å². The van der Waals surface area contributed by atoms with Crippen molar-refractivity contribution in [3.63, 3.8) is 0 Å². The quantitative estimate of drug-likeness (QED) is 0.791. The summed E-state index contributed by atoms with van der Waals surface area (Å²) in [6.07, 6.45) is 2.20. The van der Waals surface area contributed by atoms with Crippen LogP contribution in [0.4, 0.5) is 5.69 Å². The lowest BCUT2D eigenvalue weighted by Crippen LogP contribution is -2.00. The summed E-state index contributed by atoms with van der Waals surface area (Å²) in [6.45, 7) is 2.05. The van der Waals surface area contributed by atoms with Crippen molar-refractivity contribution in [1.82, 2.24) is 4.98 Å². The van der Waals surface area contributed by atoms with Gasteiger partial charge in [-0.15, -0.1) is 0 Å². The summed E-state index contributed by atoms with van der Waals surface area (Å²) in [5.41, 5.74) is 7.60. The molecule has 0 aliphatic carbocycles. The van der Waals surface area contributed by atoms with Gasteiger partial charge < -0.3 is 14.9 Å². The Labute approximate surface area is 104 Å². The van der Waals surface area contributed by atoms with Crippen LogP contribution in [-0.4, -0.2) is 11.1 Å². The average Bonchev–Trinajstić information content (AvgIpc) is 2.85. The minimum atomic E-state index is -0.0441. The second kappa shape index (κ2) is 3.89. The molecule has 0 spiro atoms. The molecule has 0 amide bonds. The number of hydrogen-bond donors (Lipinski definition) is 1. The molecule has 2 aromatic rings. The van der Waals surface area contributed by atoms with Gasteiger partial charge in [0.2, 0.25) is 5.89 Å². The highest BCUT2D eigenvalue weighted by Gasteiger charge is 2.27. The Balaban J connectivity index is 2.02. The van der Waals surface area contributed by atoms with Crippen LogP contribution in [0.5, 0.6) is 0 Å². The monoisotopic (exact) mass is 252 g/mol. The number of fused-ring (bicyclic) bond motifs is 1. The lowest BCUT2D eigenvalue weighted by molar-refractivity contribution is 0.0401. The van der Waals surface area contributed by atoms with Gasteiger partial charge in [-0.3, -0.25) is 0 Å². The lowest BCUT2D eigenvalue weighted by atomic mass is 10.2. The van der Waals surface area contributed by atoms with Crippen LogP contribution >= 0.6 is 11.6 Å². The second-order valence-corrected chi connectivity index (χ2v) is 4.81. The van der Waals surface area contributed by atoms with Crippen LogP contribution in [0.2, 0.25) is 5.02 Å². The van der Waals surface area contributed by atoms with Crippen molar-refractivity contribution in [2.75, 3.05) is 5.73 Å². The SMILES string of the molecule is CC1CCC(c2nc3cc(Cl)c(N)cc3o2)O1. The van der Waals surface area contributed by atoms with E-state index >= 15 is 0 Å². The third-order valence-electron chi connectivity index (χ3n) is 3.03. The molecule has 1 fully saturated rings. The Kier molecular flexibility index (Phi) is 2.49. The first kappa shape index (κ1) is 10.9. The van der Waals surface area contributed by atoms with Gasteiger partial charge in [0.1, 0.15) is 11.6 Å². The molecule has 2 unspecified atom stereocenters. The van der Waals surface area contributed by atoms with Gasteiger partial charge in [-0.25, -0.2) is 4.98 Å². The third-order valence-corrected chi connectivity index (χ3v) is 3.36. The molecule has 2 atom stereocenters. The zero-order valence-electron chi connectivity index (χ0n) is 9.44. The first-order chi connectivity index (χ1) is 8.13. The van der Waals surface area contributed by atoms with E-state index in [1.54, 1.807) is 12.1 Å². The standard InChI is InChI=1S/C12H13ClN2O2/c1-6-2-3-10(16-6)12-15-9-4-7(13)8(14)5-11(9)17-12/h4-6,10H,2-3,14H2,1H3. The van der Waals surface area contributed by atoms with Crippen LogP contribution in [0.1, 0.15) is 31.8 Å². The van der Waals surface area contributed by atoms with Gasteiger partial charge in [0.25, 0.3) is 0 Å². The Morgan fingerprint density at radius 2 is 2.24 bits per heavy atom. The lowest BCUT2D eigenvalue weighted by Gasteiger charge is -2.05. The summed E-state index contributed by atoms with van der Waals surface area (Å²) in [4.78, 5) is 4.40. The number of nitrogens with zero attached hydrogens (tertiary/aromatic N) is 1. The Bertz CT molecular complexity index is 528. The maximum absolute atomic E-state index is 5.94. The molecule has 3 rings (SSSR count). The summed E-state index contributed by atoms with van der Waals surface area (Å²) in [5, 5.41) is 0.498. The van der Waals surface area contributed by atoms with Crippen molar-refractivity contribution >= 4 is 28.4 Å². The zero-order valence-corrected chi connectivity index (χ0v) is 10.2. The van der Waals surface area contributed by atoms with Gasteiger partial charge in [-0.2, -0.15) is 0 Å². The maximum atomic E-state index is 5.94. The molecule has 1 aromatic carbocycles. The van der Waals surface area contributed by atoms with E-state index in [-0.39, 0.29) is 12.2 Å². The molecule has 17 heavy (non-hydrogen) atoms. The topological polar surface area (TPSA) is 61.3 Å². The molecular formula is C12H13ClN2O2. The van der Waals surface area contributed by atoms with Crippen molar-refractivity contribution in [3.8, 4) is 0 Å². The predicted octanol–water partition coefficient (Wildman–Crippen LogP) is 3.30. The average molecular weight is 253 g/mol. The number of aromatic nitrogens is 1. The van der Waals surface area contributed by atoms with Gasteiger partial charge >= 0.3 is 0 Å². The molecule has 4 nitrogen and oxygen atoms in total. The molecule has 0 radical (unpaired) electrons. The minimum absolute atomic E-state index is 0.0441. The minimum Gasteiger partial charge on any atom is -0.438 e. The van der Waals surface area contributed by atoms with Crippen molar-refractivity contribution in [2.45, 2.75) is 32.0 Å². The van der Waals surface area contributed by atoms with E-state index in [4.69, 9.17) is 26.5 Å². The summed E-state index contributed by atoms with van der Waals surface area (Å²) in [7, 11) is 0. The molecule has 90 valence electrons. The van der Waals surface area contributed by atoms with E-state index in [0.29, 0.717) is 22.2 Å². The van der Waals surface area contributed by atoms with Crippen molar-refractivity contribution < 1.29 is 9.15 Å². The summed E-state index contributed by atoms with van der Waals surface area (Å²) >= 11 is 5.94. The van der Waals surface area contributed by atoms with Crippen molar-refractivity contribution in [3.05, 3.63) is 23.0 Å². The molecule has 1 aromatic heterocycles. The molecule has 0 saturated carbocycles. The highest BCUT2D eigenvalue weighted by atomic mass is 35.5. The Hall–Kier alpha value is -1.26. The number of anilines is 1. The zero-order chi connectivity index (χ0) is 12.0. The first-order valence-corrected chi connectivity index (χ1v) is 6.02. The van der Waals surface area contributed by atoms with E-state index in [1.165, 1.54) is 0 Å². The summed E-state index contributed by atoms with van der Waals surface area (Å²) in [5.74, 6) is 0.617. The molecular weight excluding hydrogens is 240 g/mol. The fourth-order valence-corrected chi connectivity index (χ4v) is 2.26. The number of oxazole rings is 1. The van der Waals surface area contributed by atoms with Crippen LogP contribution < -0.4 is 5.73 Å².